The third-order valence-corrected chi connectivity index (χ3v) is 1.30. The summed E-state index contributed by atoms with van der Waals surface area (Å²) in [6.45, 7) is 3.29. The van der Waals surface area contributed by atoms with Crippen molar-refractivity contribution in [1.82, 2.24) is 0 Å². The number of unbranched alkanes of at least 4 members (excludes halogenated alkanes) is 1. The number of carbonyl (C=O) groups is 1. The minimum Gasteiger partial charge on any atom is -0.463 e. The molecule has 0 radical (unpaired) electrons. The van der Waals surface area contributed by atoms with E-state index < -0.39 is 0 Å². The molecule has 0 saturated carbocycles. The van der Waals surface area contributed by atoms with E-state index in [1.165, 1.54) is 6.92 Å². The number of terminal acetylenes is 1. The van der Waals surface area contributed by atoms with E-state index in [-0.39, 0.29) is 12.1 Å². The SMILES string of the molecule is C#CCCC[C@H](C)OC(C)=O. The van der Waals surface area contributed by atoms with Gasteiger partial charge in [0.15, 0.2) is 0 Å². The second-order valence-corrected chi connectivity index (χ2v) is 2.52. The van der Waals surface area contributed by atoms with Gasteiger partial charge in [0, 0.05) is 13.3 Å². The van der Waals surface area contributed by atoms with E-state index in [2.05, 4.69) is 5.92 Å². The molecular formula is C9H14O2. The zero-order valence-electron chi connectivity index (χ0n) is 7.09. The van der Waals surface area contributed by atoms with Gasteiger partial charge in [-0.2, -0.15) is 0 Å². The topological polar surface area (TPSA) is 26.3 Å². The molecule has 0 aromatic heterocycles. The second kappa shape index (κ2) is 5.79. The fourth-order valence-corrected chi connectivity index (χ4v) is 0.834. The lowest BCUT2D eigenvalue weighted by atomic mass is 10.2. The summed E-state index contributed by atoms with van der Waals surface area (Å²) < 4.78 is 4.89. The Bertz CT molecular complexity index is 155. The van der Waals surface area contributed by atoms with E-state index in [0.717, 1.165) is 19.3 Å². The first-order chi connectivity index (χ1) is 5.16. The Labute approximate surface area is 67.9 Å². The van der Waals surface area contributed by atoms with E-state index in [1.54, 1.807) is 0 Å². The zero-order chi connectivity index (χ0) is 8.69. The summed E-state index contributed by atoms with van der Waals surface area (Å²) in [7, 11) is 0. The molecule has 0 aliphatic heterocycles. The lowest BCUT2D eigenvalue weighted by molar-refractivity contribution is -0.145. The van der Waals surface area contributed by atoms with E-state index >= 15 is 0 Å². The average Bonchev–Trinajstić information content (AvgIpc) is 1.86. The van der Waals surface area contributed by atoms with Gasteiger partial charge in [0.1, 0.15) is 0 Å². The molecule has 0 aromatic carbocycles. The smallest absolute Gasteiger partial charge is 0.302 e. The molecule has 0 rings (SSSR count). The predicted molar refractivity (Wildman–Crippen MR) is 43.9 cm³/mol. The molecule has 0 saturated heterocycles. The Morgan fingerprint density at radius 3 is 2.82 bits per heavy atom. The molecule has 0 N–H and O–H groups in total. The van der Waals surface area contributed by atoms with Gasteiger partial charge < -0.3 is 4.74 Å². The molecule has 0 bridgehead atoms. The van der Waals surface area contributed by atoms with Crippen LogP contribution in [0, 0.1) is 12.3 Å². The van der Waals surface area contributed by atoms with Gasteiger partial charge in [-0.1, -0.05) is 0 Å². The third-order valence-electron chi connectivity index (χ3n) is 1.30. The summed E-state index contributed by atoms with van der Waals surface area (Å²) in [5, 5.41) is 0. The highest BCUT2D eigenvalue weighted by Crippen LogP contribution is 2.03. The quantitative estimate of drug-likeness (QED) is 0.350. The van der Waals surface area contributed by atoms with E-state index in [1.807, 2.05) is 6.92 Å². The molecule has 1 atom stereocenters. The van der Waals surface area contributed by atoms with Gasteiger partial charge in [0.2, 0.25) is 0 Å². The van der Waals surface area contributed by atoms with Crippen molar-refractivity contribution in [3.8, 4) is 12.3 Å². The molecule has 62 valence electrons. The Hall–Kier alpha value is -0.970. The molecular weight excluding hydrogens is 140 g/mol. The monoisotopic (exact) mass is 154 g/mol. The van der Waals surface area contributed by atoms with Gasteiger partial charge in [0.05, 0.1) is 6.10 Å². The summed E-state index contributed by atoms with van der Waals surface area (Å²) in [5.74, 6) is 2.31. The molecule has 2 heteroatoms. The Morgan fingerprint density at radius 2 is 2.36 bits per heavy atom. The molecule has 2 nitrogen and oxygen atoms in total. The largest absolute Gasteiger partial charge is 0.463 e. The molecule has 0 fully saturated rings. The fourth-order valence-electron chi connectivity index (χ4n) is 0.834. The van der Waals surface area contributed by atoms with Crippen molar-refractivity contribution in [2.75, 3.05) is 0 Å². The van der Waals surface area contributed by atoms with Crippen LogP contribution in [0.4, 0.5) is 0 Å². The molecule has 0 unspecified atom stereocenters. The standard InChI is InChI=1S/C9H14O2/c1-4-5-6-7-8(2)11-9(3)10/h1,8H,5-7H2,2-3H3/t8-/m0/s1. The van der Waals surface area contributed by atoms with Crippen molar-refractivity contribution in [1.29, 1.82) is 0 Å². The summed E-state index contributed by atoms with van der Waals surface area (Å²) in [6.07, 6.45) is 7.59. The van der Waals surface area contributed by atoms with Crippen LogP contribution >= 0.6 is 0 Å². The van der Waals surface area contributed by atoms with Gasteiger partial charge in [-0.15, -0.1) is 12.3 Å². The summed E-state index contributed by atoms with van der Waals surface area (Å²) in [5.41, 5.74) is 0. The van der Waals surface area contributed by atoms with Crippen molar-refractivity contribution in [2.45, 2.75) is 39.2 Å². The van der Waals surface area contributed by atoms with Gasteiger partial charge >= 0.3 is 5.97 Å². The summed E-state index contributed by atoms with van der Waals surface area (Å²) in [6, 6.07) is 0. The number of hydrogen-bond donors (Lipinski definition) is 0. The molecule has 0 aliphatic rings. The van der Waals surface area contributed by atoms with Crippen LogP contribution in [0.15, 0.2) is 0 Å². The van der Waals surface area contributed by atoms with Crippen LogP contribution in [-0.4, -0.2) is 12.1 Å². The molecule has 0 heterocycles. The number of esters is 1. The highest BCUT2D eigenvalue weighted by atomic mass is 16.5. The minimum atomic E-state index is -0.224. The van der Waals surface area contributed by atoms with Crippen molar-refractivity contribution in [3.63, 3.8) is 0 Å². The van der Waals surface area contributed by atoms with Crippen LogP contribution in [0.1, 0.15) is 33.1 Å². The van der Waals surface area contributed by atoms with Gasteiger partial charge in [-0.3, -0.25) is 4.79 Å². The highest BCUT2D eigenvalue weighted by molar-refractivity contribution is 5.66. The van der Waals surface area contributed by atoms with Gasteiger partial charge in [0.25, 0.3) is 0 Å². The van der Waals surface area contributed by atoms with Crippen LogP contribution < -0.4 is 0 Å². The molecule has 0 spiro atoms. The maximum Gasteiger partial charge on any atom is 0.302 e. The number of rotatable bonds is 4. The first-order valence-corrected chi connectivity index (χ1v) is 3.77. The van der Waals surface area contributed by atoms with Crippen molar-refractivity contribution in [3.05, 3.63) is 0 Å². The van der Waals surface area contributed by atoms with Crippen LogP contribution in [0.3, 0.4) is 0 Å². The summed E-state index contributed by atoms with van der Waals surface area (Å²) in [4.78, 5) is 10.4. The summed E-state index contributed by atoms with van der Waals surface area (Å²) >= 11 is 0. The van der Waals surface area contributed by atoms with E-state index in [0.29, 0.717) is 0 Å². The fraction of sp³-hybridized carbons (Fsp3) is 0.667. The first-order valence-electron chi connectivity index (χ1n) is 3.77. The number of carbonyl (C=O) groups excluding carboxylic acids is 1. The van der Waals surface area contributed by atoms with Crippen molar-refractivity contribution >= 4 is 5.97 Å². The van der Waals surface area contributed by atoms with Crippen molar-refractivity contribution in [2.24, 2.45) is 0 Å². The third kappa shape index (κ3) is 6.92. The van der Waals surface area contributed by atoms with Gasteiger partial charge in [-0.25, -0.2) is 0 Å². The van der Waals surface area contributed by atoms with E-state index in [9.17, 15) is 4.79 Å². The highest BCUT2D eigenvalue weighted by Gasteiger charge is 2.03. The predicted octanol–water partition coefficient (Wildman–Crippen LogP) is 1.74. The van der Waals surface area contributed by atoms with E-state index in [4.69, 9.17) is 11.2 Å². The Morgan fingerprint density at radius 1 is 1.73 bits per heavy atom. The molecule has 11 heavy (non-hydrogen) atoms. The van der Waals surface area contributed by atoms with Crippen LogP contribution in [0.25, 0.3) is 0 Å². The van der Waals surface area contributed by atoms with Crippen LogP contribution in [0.5, 0.6) is 0 Å². The Kier molecular flexibility index (Phi) is 5.28. The lowest BCUT2D eigenvalue weighted by Crippen LogP contribution is -2.11. The number of ether oxygens (including phenoxy) is 1. The normalized spacial score (nSPS) is 11.7. The number of hydrogen-bond acceptors (Lipinski definition) is 2. The van der Waals surface area contributed by atoms with Crippen molar-refractivity contribution < 1.29 is 9.53 Å². The molecule has 0 amide bonds. The second-order valence-electron chi connectivity index (χ2n) is 2.52. The Balaban J connectivity index is 3.31. The first kappa shape index (κ1) is 10.0. The zero-order valence-corrected chi connectivity index (χ0v) is 7.09. The minimum absolute atomic E-state index is 0.000787. The van der Waals surface area contributed by atoms with Gasteiger partial charge in [-0.05, 0) is 19.8 Å². The molecule has 0 aromatic rings. The lowest BCUT2D eigenvalue weighted by Gasteiger charge is -2.09. The maximum absolute atomic E-state index is 10.4. The van der Waals surface area contributed by atoms with Crippen LogP contribution in [0.2, 0.25) is 0 Å². The molecule has 0 aliphatic carbocycles. The average molecular weight is 154 g/mol. The maximum atomic E-state index is 10.4. The van der Waals surface area contributed by atoms with Crippen LogP contribution in [-0.2, 0) is 9.53 Å².